The van der Waals surface area contributed by atoms with Gasteiger partial charge in [-0.25, -0.2) is 0 Å². The third kappa shape index (κ3) is 2.06. The van der Waals surface area contributed by atoms with E-state index in [1.807, 2.05) is 0 Å². The van der Waals surface area contributed by atoms with Crippen LogP contribution in [0.2, 0.25) is 0 Å². The van der Waals surface area contributed by atoms with Crippen LogP contribution in [0.5, 0.6) is 0 Å². The molecule has 1 nitrogen and oxygen atoms in total. The van der Waals surface area contributed by atoms with E-state index in [0.29, 0.717) is 0 Å². The van der Waals surface area contributed by atoms with Crippen LogP contribution in [0, 0.1) is 11.8 Å². The largest absolute Gasteiger partial charge is 0.662 e. The van der Waals surface area contributed by atoms with Crippen molar-refractivity contribution >= 4 is 0 Å². The van der Waals surface area contributed by atoms with Crippen LogP contribution >= 0.6 is 0 Å². The molecule has 0 unspecified atom stereocenters. The van der Waals surface area contributed by atoms with Crippen LogP contribution in [0.3, 0.4) is 0 Å². The van der Waals surface area contributed by atoms with Gasteiger partial charge in [0, 0.05) is 0 Å². The van der Waals surface area contributed by atoms with E-state index in [2.05, 4.69) is 19.2 Å². The summed E-state index contributed by atoms with van der Waals surface area (Å²) in [5.41, 5.74) is 0. The van der Waals surface area contributed by atoms with Crippen LogP contribution in [-0.4, -0.2) is 13.1 Å². The van der Waals surface area contributed by atoms with Crippen molar-refractivity contribution in [3.63, 3.8) is 0 Å². The van der Waals surface area contributed by atoms with E-state index in [-0.39, 0.29) is 0 Å². The van der Waals surface area contributed by atoms with Gasteiger partial charge in [0.05, 0.1) is 0 Å². The molecule has 0 atom stereocenters. The van der Waals surface area contributed by atoms with E-state index in [4.69, 9.17) is 0 Å². The minimum Gasteiger partial charge on any atom is -0.662 e. The van der Waals surface area contributed by atoms with Crippen LogP contribution < -0.4 is 0 Å². The van der Waals surface area contributed by atoms with Gasteiger partial charge in [-0.2, -0.15) is 0 Å². The second kappa shape index (κ2) is 3.89. The molecule has 0 aromatic heterocycles. The van der Waals surface area contributed by atoms with E-state index in [9.17, 15) is 0 Å². The van der Waals surface area contributed by atoms with Crippen LogP contribution in [0.15, 0.2) is 0 Å². The molecular weight excluding hydrogens is 377 g/mol. The molecule has 2 heteroatoms. The number of piperidine rings is 1. The van der Waals surface area contributed by atoms with E-state index >= 15 is 0 Å². The topological polar surface area (TPSA) is 14.1 Å². The van der Waals surface area contributed by atoms with Gasteiger partial charge < -0.3 is 5.32 Å². The van der Waals surface area contributed by atoms with Crippen molar-refractivity contribution < 1.29 is 0 Å². The normalized spacial score (nSPS) is 20.7. The van der Waals surface area contributed by atoms with Crippen molar-refractivity contribution in [2.75, 3.05) is 13.1 Å². The summed E-state index contributed by atoms with van der Waals surface area (Å²) in [6.45, 7) is 6.86. The minimum atomic E-state index is 0. The summed E-state index contributed by atoms with van der Waals surface area (Å²) >= 11 is 0. The standard InChI is InChI=1S/C8H16N.Rf/c1-7(2)8-3-5-9-6-4-8;/h7-8H,3-6H2,1-2H3;/q-1;. The third-order valence-electron chi connectivity index (χ3n) is 2.26. The zero-order chi connectivity index (χ0) is 6.69. The molecule has 0 amide bonds. The molecule has 1 fully saturated rings. The Balaban J connectivity index is 0.000000810. The molecule has 56 valence electrons. The smallest absolute Gasteiger partial charge is 0 e. The average molecular weight is 393 g/mol. The first-order valence-corrected chi connectivity index (χ1v) is 3.94. The summed E-state index contributed by atoms with van der Waals surface area (Å²) in [7, 11) is 0. The van der Waals surface area contributed by atoms with Gasteiger partial charge in [-0.3, -0.25) is 0 Å². The fraction of sp³-hybridized carbons (Fsp3) is 1.00. The Morgan fingerprint density at radius 1 is 1.20 bits per heavy atom. The molecule has 1 rings (SSSR count). The van der Waals surface area contributed by atoms with Gasteiger partial charge in [0.15, 0.2) is 0 Å². The Morgan fingerprint density at radius 3 is 2.00 bits per heavy atom. The van der Waals surface area contributed by atoms with Gasteiger partial charge in [-0.05, 0) is 11.8 Å². The number of rotatable bonds is 1. The molecule has 0 saturated carbocycles. The molecule has 1 saturated heterocycles. The quantitative estimate of drug-likeness (QED) is 0.650. The molecule has 0 aromatic carbocycles. The summed E-state index contributed by atoms with van der Waals surface area (Å²) in [5, 5.41) is 4.31. The van der Waals surface area contributed by atoms with Crippen molar-refractivity contribution in [2.45, 2.75) is 26.7 Å². The van der Waals surface area contributed by atoms with Crippen molar-refractivity contribution in [1.82, 2.24) is 0 Å². The maximum absolute atomic E-state index is 4.31. The Bertz CT molecular complexity index is 77.3. The molecule has 0 aromatic rings. The summed E-state index contributed by atoms with van der Waals surface area (Å²) in [6, 6.07) is 0. The van der Waals surface area contributed by atoms with Crippen LogP contribution in [0.1, 0.15) is 26.7 Å². The SMILES string of the molecule is CC(C)C1CC[N-]CC1.[Rf]. The first-order valence-electron chi connectivity index (χ1n) is 3.94. The van der Waals surface area contributed by atoms with Gasteiger partial charge in [0.2, 0.25) is 0 Å². The Kier molecular flexibility index (Phi) is 3.48. The fourth-order valence-electron chi connectivity index (χ4n) is 1.44. The van der Waals surface area contributed by atoms with Crippen LogP contribution in [0.25, 0.3) is 5.32 Å². The molecule has 0 radical (unpaired) electrons. The summed E-state index contributed by atoms with van der Waals surface area (Å²) < 4.78 is 0. The Hall–Kier alpha value is -1.04. The van der Waals surface area contributed by atoms with E-state index in [1.54, 1.807) is 0 Å². The van der Waals surface area contributed by atoms with Crippen molar-refractivity contribution in [3.8, 4) is 0 Å². The maximum atomic E-state index is 4.31. The van der Waals surface area contributed by atoms with E-state index < -0.39 is 0 Å². The van der Waals surface area contributed by atoms with Crippen molar-refractivity contribution in [2.24, 2.45) is 11.8 Å². The molecule has 1 aliphatic rings. The molecular formula is C8H16NRf-. The Labute approximate surface area is 57.8 Å². The maximum Gasteiger partial charge on any atom is 0 e. The fourth-order valence-corrected chi connectivity index (χ4v) is 1.44. The van der Waals surface area contributed by atoms with Gasteiger partial charge in [-0.15, -0.1) is 13.1 Å². The zero-order valence-electron chi connectivity index (χ0n) is 7.14. The number of nitrogens with zero attached hydrogens (tertiary/aromatic N) is 1. The molecule has 0 aliphatic carbocycles. The van der Waals surface area contributed by atoms with Crippen LogP contribution in [-0.2, 0) is 0 Å². The molecule has 0 spiro atoms. The van der Waals surface area contributed by atoms with Gasteiger partial charge in [-0.1, -0.05) is 26.7 Å². The molecule has 0 bridgehead atoms. The first-order chi connectivity index (χ1) is 4.30. The second-order valence-corrected chi connectivity index (χ2v) is 3.25. The number of hydrogen-bond donors (Lipinski definition) is 0. The molecule has 1 heterocycles. The summed E-state index contributed by atoms with van der Waals surface area (Å²) in [5.74, 6) is 1.84. The minimum absolute atomic E-state index is 0. The predicted octanol–water partition coefficient (Wildman–Crippen LogP) is 2.43. The van der Waals surface area contributed by atoms with E-state index in [0.717, 1.165) is 24.9 Å². The molecule has 10 heavy (non-hydrogen) atoms. The van der Waals surface area contributed by atoms with Gasteiger partial charge in [0.25, 0.3) is 0 Å². The third-order valence-corrected chi connectivity index (χ3v) is 2.26. The molecule has 1 aliphatic heterocycles. The number of hydrogen-bond acceptors (Lipinski definition) is 0. The van der Waals surface area contributed by atoms with Gasteiger partial charge in [0.1, 0.15) is 0 Å². The summed E-state index contributed by atoms with van der Waals surface area (Å²) in [4.78, 5) is 0. The van der Waals surface area contributed by atoms with Crippen LogP contribution in [0.4, 0.5) is 0 Å². The van der Waals surface area contributed by atoms with Crippen molar-refractivity contribution in [1.29, 1.82) is 0 Å². The molecule has 0 N–H and O–H groups in total. The summed E-state index contributed by atoms with van der Waals surface area (Å²) in [6.07, 6.45) is 2.66. The Morgan fingerprint density at radius 2 is 1.70 bits per heavy atom. The average Bonchev–Trinajstić information content (AvgIpc) is 1.90. The predicted molar refractivity (Wildman–Crippen MR) is 40.7 cm³/mol. The monoisotopic (exact) mass is 393 g/mol. The van der Waals surface area contributed by atoms with Gasteiger partial charge >= 0.3 is 0 Å². The van der Waals surface area contributed by atoms with E-state index in [1.165, 1.54) is 12.8 Å². The second-order valence-electron chi connectivity index (χ2n) is 3.25. The van der Waals surface area contributed by atoms with Crippen molar-refractivity contribution in [3.05, 3.63) is 5.32 Å². The zero-order valence-corrected chi connectivity index (χ0v) is 13.5. The first kappa shape index (κ1) is 8.96.